The van der Waals surface area contributed by atoms with E-state index in [2.05, 4.69) is 22.8 Å². The Morgan fingerprint density at radius 2 is 2.15 bits per heavy atom. The summed E-state index contributed by atoms with van der Waals surface area (Å²) >= 11 is 1.34. The van der Waals surface area contributed by atoms with E-state index in [-0.39, 0.29) is 11.1 Å². The van der Waals surface area contributed by atoms with E-state index in [1.807, 2.05) is 4.57 Å². The molecule has 0 aliphatic carbocycles. The Bertz CT molecular complexity index is 642. The van der Waals surface area contributed by atoms with Gasteiger partial charge in [-0.2, -0.15) is 5.26 Å². The second-order valence-electron chi connectivity index (χ2n) is 4.10. The number of hydrogen-bond donors (Lipinski definition) is 0. The first-order chi connectivity index (χ1) is 9.65. The Hall–Kier alpha value is -2.13. The topological polar surface area (TPSA) is 54.5 Å². The third-order valence-corrected chi connectivity index (χ3v) is 3.57. The average Bonchev–Trinajstić information content (AvgIpc) is 2.83. The Morgan fingerprint density at radius 1 is 1.45 bits per heavy atom. The molecule has 0 aliphatic heterocycles. The number of nitrogens with zero attached hydrogens (tertiary/aromatic N) is 4. The van der Waals surface area contributed by atoms with Gasteiger partial charge in [0, 0.05) is 12.1 Å². The molecule has 0 bridgehead atoms. The van der Waals surface area contributed by atoms with E-state index >= 15 is 0 Å². The summed E-state index contributed by atoms with van der Waals surface area (Å²) in [7, 11) is 0. The third kappa shape index (κ3) is 3.06. The smallest absolute Gasteiger partial charge is 0.193 e. The first-order valence-electron chi connectivity index (χ1n) is 6.02. The standard InChI is InChI=1S/C14H13FN4S/c1-3-8-19-13(11-4-6-12(15)7-5-11)17-18-14(19)20-10(2)9-16/h3-7,10H,1,8H2,2H3/t10-/m0/s1. The minimum atomic E-state index is -0.295. The van der Waals surface area contributed by atoms with Crippen molar-refractivity contribution in [2.75, 3.05) is 0 Å². The molecule has 0 saturated heterocycles. The predicted octanol–water partition coefficient (Wildman–Crippen LogP) is 3.27. The lowest BCUT2D eigenvalue weighted by Gasteiger charge is -2.08. The van der Waals surface area contributed by atoms with E-state index in [1.54, 1.807) is 25.1 Å². The highest BCUT2D eigenvalue weighted by molar-refractivity contribution is 8.00. The van der Waals surface area contributed by atoms with Crippen molar-refractivity contribution in [3.63, 3.8) is 0 Å². The zero-order chi connectivity index (χ0) is 14.5. The second kappa shape index (κ2) is 6.35. The molecule has 0 saturated carbocycles. The lowest BCUT2D eigenvalue weighted by atomic mass is 10.2. The molecule has 0 unspecified atom stereocenters. The van der Waals surface area contributed by atoms with Crippen molar-refractivity contribution in [2.24, 2.45) is 0 Å². The number of allylic oxidation sites excluding steroid dienone is 1. The molecule has 1 aromatic carbocycles. The average molecular weight is 288 g/mol. The summed E-state index contributed by atoms with van der Waals surface area (Å²) in [6.07, 6.45) is 1.73. The van der Waals surface area contributed by atoms with Crippen molar-refractivity contribution in [1.82, 2.24) is 14.8 Å². The maximum Gasteiger partial charge on any atom is 0.193 e. The maximum atomic E-state index is 13.0. The third-order valence-electron chi connectivity index (χ3n) is 2.59. The van der Waals surface area contributed by atoms with E-state index < -0.39 is 0 Å². The van der Waals surface area contributed by atoms with Crippen LogP contribution in [0.5, 0.6) is 0 Å². The highest BCUT2D eigenvalue weighted by Crippen LogP contribution is 2.26. The molecule has 0 spiro atoms. The fourth-order valence-corrected chi connectivity index (χ4v) is 2.41. The largest absolute Gasteiger partial charge is 0.298 e. The summed E-state index contributed by atoms with van der Waals surface area (Å²) in [5.41, 5.74) is 0.775. The highest BCUT2D eigenvalue weighted by atomic mass is 32.2. The van der Waals surface area contributed by atoms with Gasteiger partial charge in [0.2, 0.25) is 0 Å². The molecule has 4 nitrogen and oxygen atoms in total. The molecule has 0 radical (unpaired) electrons. The number of rotatable bonds is 5. The van der Waals surface area contributed by atoms with Gasteiger partial charge in [0.15, 0.2) is 11.0 Å². The lowest BCUT2D eigenvalue weighted by Crippen LogP contribution is -2.02. The van der Waals surface area contributed by atoms with Gasteiger partial charge in [0.05, 0.1) is 11.3 Å². The number of nitriles is 1. The number of thioether (sulfide) groups is 1. The van der Waals surface area contributed by atoms with Crippen molar-refractivity contribution >= 4 is 11.8 Å². The van der Waals surface area contributed by atoms with Gasteiger partial charge in [0.25, 0.3) is 0 Å². The summed E-state index contributed by atoms with van der Waals surface area (Å²) in [6, 6.07) is 8.22. The number of benzene rings is 1. The Balaban J connectivity index is 2.41. The van der Waals surface area contributed by atoms with Crippen LogP contribution in [0.15, 0.2) is 42.1 Å². The van der Waals surface area contributed by atoms with Crippen LogP contribution in [0.2, 0.25) is 0 Å². The van der Waals surface area contributed by atoms with Crippen LogP contribution in [0, 0.1) is 17.1 Å². The monoisotopic (exact) mass is 288 g/mol. The van der Waals surface area contributed by atoms with Crippen LogP contribution in [-0.4, -0.2) is 20.0 Å². The van der Waals surface area contributed by atoms with Crippen molar-refractivity contribution in [1.29, 1.82) is 5.26 Å². The molecular formula is C14H13FN4S. The zero-order valence-corrected chi connectivity index (χ0v) is 11.8. The van der Waals surface area contributed by atoms with E-state index in [0.717, 1.165) is 5.56 Å². The molecule has 2 aromatic rings. The van der Waals surface area contributed by atoms with Crippen molar-refractivity contribution < 1.29 is 4.39 Å². The van der Waals surface area contributed by atoms with Gasteiger partial charge in [-0.15, -0.1) is 16.8 Å². The van der Waals surface area contributed by atoms with Gasteiger partial charge < -0.3 is 0 Å². The molecule has 0 aliphatic rings. The Kier molecular flexibility index (Phi) is 4.53. The molecular weight excluding hydrogens is 275 g/mol. The SMILES string of the molecule is C=CCn1c(S[C@@H](C)C#N)nnc1-c1ccc(F)cc1. The molecule has 2 rings (SSSR count). The van der Waals surface area contributed by atoms with Gasteiger partial charge in [-0.1, -0.05) is 17.8 Å². The lowest BCUT2D eigenvalue weighted by molar-refractivity contribution is 0.628. The molecule has 1 atom stereocenters. The first kappa shape index (κ1) is 14.3. The number of halogens is 1. The van der Waals surface area contributed by atoms with Crippen molar-refractivity contribution in [2.45, 2.75) is 23.9 Å². The highest BCUT2D eigenvalue weighted by Gasteiger charge is 2.15. The minimum absolute atomic E-state index is 0.219. The molecule has 0 amide bonds. The van der Waals surface area contributed by atoms with Crippen LogP contribution in [0.25, 0.3) is 11.4 Å². The van der Waals surface area contributed by atoms with Crippen molar-refractivity contribution in [3.05, 3.63) is 42.7 Å². The van der Waals surface area contributed by atoms with Gasteiger partial charge in [-0.3, -0.25) is 4.57 Å². The van der Waals surface area contributed by atoms with Crippen LogP contribution in [0.1, 0.15) is 6.92 Å². The van der Waals surface area contributed by atoms with Crippen LogP contribution in [0.4, 0.5) is 4.39 Å². The molecule has 1 aromatic heterocycles. The van der Waals surface area contributed by atoms with Crippen LogP contribution < -0.4 is 0 Å². The summed E-state index contributed by atoms with van der Waals surface area (Å²) in [6.45, 7) is 6.04. The van der Waals surface area contributed by atoms with Gasteiger partial charge in [-0.25, -0.2) is 4.39 Å². The molecule has 6 heteroatoms. The van der Waals surface area contributed by atoms with E-state index in [4.69, 9.17) is 5.26 Å². The fourth-order valence-electron chi connectivity index (χ4n) is 1.67. The number of hydrogen-bond acceptors (Lipinski definition) is 4. The van der Waals surface area contributed by atoms with Crippen LogP contribution in [0.3, 0.4) is 0 Å². The van der Waals surface area contributed by atoms with Crippen molar-refractivity contribution in [3.8, 4) is 17.5 Å². The van der Waals surface area contributed by atoms with Crippen LogP contribution in [-0.2, 0) is 6.54 Å². The Morgan fingerprint density at radius 3 is 2.75 bits per heavy atom. The molecule has 0 fully saturated rings. The summed E-state index contributed by atoms with van der Waals surface area (Å²) in [4.78, 5) is 0. The zero-order valence-electron chi connectivity index (χ0n) is 11.0. The molecule has 102 valence electrons. The fraction of sp³-hybridized carbons (Fsp3) is 0.214. The van der Waals surface area contributed by atoms with Gasteiger partial charge in [0.1, 0.15) is 5.82 Å². The maximum absolute atomic E-state index is 13.0. The molecule has 1 heterocycles. The summed E-state index contributed by atoms with van der Waals surface area (Å²) in [5, 5.41) is 17.6. The summed E-state index contributed by atoms with van der Waals surface area (Å²) < 4.78 is 14.8. The van der Waals surface area contributed by atoms with E-state index in [9.17, 15) is 4.39 Å². The molecule has 20 heavy (non-hydrogen) atoms. The Labute approximate surface area is 120 Å². The van der Waals surface area contributed by atoms with E-state index in [1.165, 1.54) is 23.9 Å². The number of aromatic nitrogens is 3. The summed E-state index contributed by atoms with van der Waals surface area (Å²) in [5.74, 6) is 0.341. The van der Waals surface area contributed by atoms with Gasteiger partial charge in [-0.05, 0) is 31.2 Å². The van der Waals surface area contributed by atoms with E-state index in [0.29, 0.717) is 17.5 Å². The first-order valence-corrected chi connectivity index (χ1v) is 6.90. The van der Waals surface area contributed by atoms with Gasteiger partial charge >= 0.3 is 0 Å². The minimum Gasteiger partial charge on any atom is -0.298 e. The second-order valence-corrected chi connectivity index (χ2v) is 5.41. The molecule has 0 N–H and O–H groups in total. The van der Waals surface area contributed by atoms with Crippen LogP contribution >= 0.6 is 11.8 Å². The normalized spacial score (nSPS) is 11.8. The quantitative estimate of drug-likeness (QED) is 0.626. The predicted molar refractivity (Wildman–Crippen MR) is 76.5 cm³/mol.